The molecule has 7 heavy (non-hydrogen) atoms. The van der Waals surface area contributed by atoms with Gasteiger partial charge in [-0.3, -0.25) is 0 Å². The largest absolute Gasteiger partial charge is 0.312 e. The molecule has 0 atom stereocenters. The minimum absolute atomic E-state index is 0.721. The van der Waals surface area contributed by atoms with Crippen molar-refractivity contribution < 1.29 is 1.41 Å². The Morgan fingerprint density at radius 1 is 2.29 bits per heavy atom. The van der Waals surface area contributed by atoms with E-state index in [0.717, 1.165) is 9.95 Å². The molecule has 0 radical (unpaired) electrons. The average molecular weight is 135 g/mol. The average Bonchev–Trinajstić information content (AvgIpc) is 1.66. The lowest BCUT2D eigenvalue weighted by molar-refractivity contribution is 1.56. The Labute approximate surface area is 54.5 Å². The van der Waals surface area contributed by atoms with Crippen LogP contribution in [0.2, 0.25) is 1.41 Å². The van der Waals surface area contributed by atoms with Gasteiger partial charge in [-0.15, -0.1) is 11.8 Å². The van der Waals surface area contributed by atoms with Crippen molar-refractivity contribution in [2.24, 2.45) is 0 Å². The summed E-state index contributed by atoms with van der Waals surface area (Å²) in [5.74, 6) is 0.721. The van der Waals surface area contributed by atoms with Crippen LogP contribution in [0, 0.1) is 5.40 Å². The number of thiocarbonyl (C=S) groups is 1. The van der Waals surface area contributed by atoms with Gasteiger partial charge in [0.05, 0.1) is 0 Å². The smallest absolute Gasteiger partial charge is 0.187 e. The highest BCUT2D eigenvalue weighted by molar-refractivity contribution is 8.23. The molecular formula is C4H7NS2. The van der Waals surface area contributed by atoms with Crippen molar-refractivity contribution in [3.05, 3.63) is 0 Å². The lowest BCUT2D eigenvalue weighted by Gasteiger charge is -1.85. The molecule has 0 aliphatic rings. The first-order valence-electron chi connectivity index (χ1n) is 2.31. The van der Waals surface area contributed by atoms with Crippen LogP contribution in [0.3, 0.4) is 0 Å². The van der Waals surface area contributed by atoms with Crippen LogP contribution in [0.25, 0.3) is 0 Å². The van der Waals surface area contributed by atoms with Crippen LogP contribution in [0.1, 0.15) is 6.92 Å². The fourth-order valence-corrected chi connectivity index (χ4v) is 0.668. The van der Waals surface area contributed by atoms with E-state index < -0.39 is 0 Å². The summed E-state index contributed by atoms with van der Waals surface area (Å²) < 4.78 is 7.25. The van der Waals surface area contributed by atoms with Crippen LogP contribution in [-0.4, -0.2) is 16.2 Å². The van der Waals surface area contributed by atoms with E-state index in [4.69, 9.17) is 13.6 Å². The summed E-state index contributed by atoms with van der Waals surface area (Å²) in [6.07, 6.45) is 1.51. The van der Waals surface area contributed by atoms with Gasteiger partial charge in [0.2, 0.25) is 0 Å². The Hall–Kier alpha value is 0.110. The van der Waals surface area contributed by atoms with E-state index in [1.54, 1.807) is 0 Å². The summed E-state index contributed by atoms with van der Waals surface area (Å²) in [6, 6.07) is 0. The maximum Gasteiger partial charge on any atom is 0.187 e. The van der Waals surface area contributed by atoms with Gasteiger partial charge in [0, 0.05) is 16.2 Å². The molecule has 0 saturated heterocycles. The molecule has 0 rings (SSSR count). The minimum Gasteiger partial charge on any atom is -0.312 e. The Morgan fingerprint density at radius 3 is 3.43 bits per heavy atom. The number of nitrogens with one attached hydrogen (secondary N) is 1. The third-order valence-corrected chi connectivity index (χ3v) is 1.44. The van der Waals surface area contributed by atoms with Crippen LogP contribution in [-0.2, 0) is 0 Å². The zero-order valence-corrected chi connectivity index (χ0v) is 5.68. The van der Waals surface area contributed by atoms with Crippen LogP contribution in [0.4, 0.5) is 0 Å². The number of thioether (sulfide) groups is 1. The molecule has 0 aromatic heterocycles. The molecule has 40 valence electrons. The summed E-state index contributed by atoms with van der Waals surface area (Å²) in [6.45, 7) is 1.86. The Balaban J connectivity index is 3.05. The van der Waals surface area contributed by atoms with E-state index >= 15 is 0 Å². The molecule has 0 aliphatic heterocycles. The second-order valence-corrected chi connectivity index (χ2v) is 3.09. The molecule has 1 nitrogen and oxygen atoms in total. The van der Waals surface area contributed by atoms with Crippen molar-refractivity contribution in [2.45, 2.75) is 6.92 Å². The van der Waals surface area contributed by atoms with E-state index in [1.165, 1.54) is 18.0 Å². The quantitative estimate of drug-likeness (QED) is 0.460. The molecule has 0 aromatic rings. The first-order chi connectivity index (χ1) is 3.77. The Kier molecular flexibility index (Phi) is 3.21. The highest BCUT2D eigenvalue weighted by Crippen LogP contribution is 1.99. The third-order valence-electron chi connectivity index (χ3n) is 0.361. The second kappa shape index (κ2) is 4.27. The molecule has 3 heteroatoms. The van der Waals surface area contributed by atoms with Crippen LogP contribution in [0.5, 0.6) is 0 Å². The normalized spacial score (nSPS) is 11.9. The molecule has 0 unspecified atom stereocenters. The first kappa shape index (κ1) is 5.25. The summed E-state index contributed by atoms with van der Waals surface area (Å²) in [5.41, 5.74) is 0. The molecule has 0 heterocycles. The highest BCUT2D eigenvalue weighted by Gasteiger charge is 1.81. The molecule has 0 fully saturated rings. The zero-order valence-electron chi connectivity index (χ0n) is 5.05. The SMILES string of the molecule is [3H]/N=C/CSC(C)=S. The van der Waals surface area contributed by atoms with Gasteiger partial charge >= 0.3 is 0 Å². The summed E-state index contributed by atoms with van der Waals surface area (Å²) in [5, 5.41) is 3.05. The number of hydrogen-bond donors (Lipinski definition) is 1. The van der Waals surface area contributed by atoms with Gasteiger partial charge in [-0.25, -0.2) is 0 Å². The zero-order chi connectivity index (χ0) is 6.41. The van der Waals surface area contributed by atoms with Gasteiger partial charge in [0.25, 0.3) is 0 Å². The van der Waals surface area contributed by atoms with E-state index in [-0.39, 0.29) is 0 Å². The fourth-order valence-electron chi connectivity index (χ4n) is 0.155. The predicted molar refractivity (Wildman–Crippen MR) is 39.5 cm³/mol. The molecule has 1 N–H and O–H groups in total. The fraction of sp³-hybridized carbons (Fsp3) is 0.500. The minimum atomic E-state index is 0.721. The van der Waals surface area contributed by atoms with Crippen molar-refractivity contribution in [3.63, 3.8) is 0 Å². The Bertz CT molecular complexity index is 102. The van der Waals surface area contributed by atoms with Gasteiger partial charge in [-0.1, -0.05) is 12.2 Å². The second-order valence-electron chi connectivity index (χ2n) is 0.985. The van der Waals surface area contributed by atoms with E-state index in [2.05, 4.69) is 5.40 Å². The highest BCUT2D eigenvalue weighted by atomic mass is 32.2. The van der Waals surface area contributed by atoms with Gasteiger partial charge in [-0.2, -0.15) is 0 Å². The molecule has 0 amide bonds. The molecule has 0 bridgehead atoms. The first-order valence-corrected chi connectivity index (χ1v) is 3.26. The topological polar surface area (TPSA) is 23.9 Å². The van der Waals surface area contributed by atoms with Crippen molar-refractivity contribution in [1.82, 2.24) is 0 Å². The van der Waals surface area contributed by atoms with Crippen LogP contribution in [0.15, 0.2) is 0 Å². The summed E-state index contributed by atoms with van der Waals surface area (Å²) in [7, 11) is 0. The van der Waals surface area contributed by atoms with Gasteiger partial charge in [0.15, 0.2) is 1.41 Å². The monoisotopic (exact) mass is 135 g/mol. The Morgan fingerprint density at radius 2 is 3.00 bits per heavy atom. The van der Waals surface area contributed by atoms with Crippen LogP contribution < -0.4 is 0 Å². The van der Waals surface area contributed by atoms with E-state index in [9.17, 15) is 0 Å². The maximum atomic E-state index is 6.36. The predicted octanol–water partition coefficient (Wildman–Crippen LogP) is 1.72. The van der Waals surface area contributed by atoms with Crippen molar-refractivity contribution in [3.8, 4) is 0 Å². The number of rotatable bonds is 2. The summed E-state index contributed by atoms with van der Waals surface area (Å²) >= 11 is 6.27. The lowest BCUT2D eigenvalue weighted by Crippen LogP contribution is -1.81. The molecule has 0 aromatic carbocycles. The van der Waals surface area contributed by atoms with E-state index in [1.807, 2.05) is 6.92 Å². The molecule has 0 spiro atoms. The number of hydrogen-bond acceptors (Lipinski definition) is 3. The lowest BCUT2D eigenvalue weighted by atomic mass is 10.9. The van der Waals surface area contributed by atoms with Crippen molar-refractivity contribution >= 4 is 34.4 Å². The van der Waals surface area contributed by atoms with E-state index in [0.29, 0.717) is 0 Å². The van der Waals surface area contributed by atoms with Gasteiger partial charge in [0.1, 0.15) is 0 Å². The molecule has 0 aliphatic carbocycles. The third kappa shape index (κ3) is 6.11. The molecule has 0 saturated carbocycles. The van der Waals surface area contributed by atoms with Crippen molar-refractivity contribution in [1.29, 1.82) is 5.40 Å². The standard InChI is InChI=1S/C4H7NS2/c1-4(6)7-3-2-5/h2,5H,3H2,1H3/b5-2+/i/hT. The molecular weight excluding hydrogens is 126 g/mol. The summed E-state index contributed by atoms with van der Waals surface area (Å²) in [4.78, 5) is 0. The van der Waals surface area contributed by atoms with Crippen LogP contribution >= 0.6 is 24.0 Å². The van der Waals surface area contributed by atoms with Gasteiger partial charge in [-0.05, 0) is 6.92 Å². The van der Waals surface area contributed by atoms with Gasteiger partial charge < -0.3 is 5.40 Å². The maximum absolute atomic E-state index is 6.36. The van der Waals surface area contributed by atoms with Crippen molar-refractivity contribution in [2.75, 3.05) is 5.75 Å².